The molecule has 0 saturated carbocycles. The van der Waals surface area contributed by atoms with Gasteiger partial charge in [-0.05, 0) is 40.1 Å². The van der Waals surface area contributed by atoms with E-state index >= 15 is 0 Å². The van der Waals surface area contributed by atoms with Gasteiger partial charge in [0.25, 0.3) is 0 Å². The Kier molecular flexibility index (Phi) is 5.88. The van der Waals surface area contributed by atoms with E-state index in [1.807, 2.05) is 17.7 Å². The summed E-state index contributed by atoms with van der Waals surface area (Å²) in [6.45, 7) is 9.83. The highest BCUT2D eigenvalue weighted by Crippen LogP contribution is 2.28. The largest absolute Gasteiger partial charge is 0.465 e. The van der Waals surface area contributed by atoms with Gasteiger partial charge in [-0.3, -0.25) is 4.90 Å². The summed E-state index contributed by atoms with van der Waals surface area (Å²) in [5.74, 6) is 2.24. The standard InChI is InChI=1S/C18H29N5O2/c1-5-23-18-15(13-24-9-8-21(3)4)10-22(12-17(18)19-20-23)11-16-7-6-14(2)25-16/h6-7,15H,5,8-13H2,1-4H3. The summed E-state index contributed by atoms with van der Waals surface area (Å²) in [6.07, 6.45) is 0. The van der Waals surface area contributed by atoms with Gasteiger partial charge in [0.15, 0.2) is 0 Å². The maximum Gasteiger partial charge on any atom is 0.118 e. The highest BCUT2D eigenvalue weighted by atomic mass is 16.5. The van der Waals surface area contributed by atoms with Crippen molar-refractivity contribution < 1.29 is 9.15 Å². The molecule has 2 aromatic heterocycles. The molecule has 0 fully saturated rings. The first-order valence-corrected chi connectivity index (χ1v) is 8.99. The molecule has 2 aromatic rings. The first-order valence-electron chi connectivity index (χ1n) is 8.99. The lowest BCUT2D eigenvalue weighted by atomic mass is 9.98. The summed E-state index contributed by atoms with van der Waals surface area (Å²) in [5, 5.41) is 8.73. The Bertz CT molecular complexity index is 679. The molecule has 3 heterocycles. The molecule has 7 nitrogen and oxygen atoms in total. The summed E-state index contributed by atoms with van der Waals surface area (Å²) in [6, 6.07) is 4.07. The summed E-state index contributed by atoms with van der Waals surface area (Å²) in [4.78, 5) is 4.50. The van der Waals surface area contributed by atoms with E-state index in [1.54, 1.807) is 0 Å². The molecule has 0 amide bonds. The van der Waals surface area contributed by atoms with Crippen molar-refractivity contribution in [2.75, 3.05) is 40.4 Å². The number of likely N-dealkylation sites (N-methyl/N-ethyl adjacent to an activating group) is 1. The fourth-order valence-corrected chi connectivity index (χ4v) is 3.34. The number of nitrogens with zero attached hydrogens (tertiary/aromatic N) is 5. The number of furan rings is 1. The highest BCUT2D eigenvalue weighted by molar-refractivity contribution is 5.20. The summed E-state index contributed by atoms with van der Waals surface area (Å²) < 4.78 is 13.7. The number of fused-ring (bicyclic) bond motifs is 1. The van der Waals surface area contributed by atoms with Crippen LogP contribution in [0.25, 0.3) is 0 Å². The maximum atomic E-state index is 5.95. The van der Waals surface area contributed by atoms with E-state index in [1.165, 1.54) is 5.69 Å². The van der Waals surface area contributed by atoms with Crippen LogP contribution in [0, 0.1) is 6.92 Å². The number of aromatic nitrogens is 3. The van der Waals surface area contributed by atoms with Crippen molar-refractivity contribution >= 4 is 0 Å². The van der Waals surface area contributed by atoms with E-state index in [-0.39, 0.29) is 5.92 Å². The Labute approximate surface area is 149 Å². The lowest BCUT2D eigenvalue weighted by molar-refractivity contribution is 0.0816. The molecule has 1 atom stereocenters. The summed E-state index contributed by atoms with van der Waals surface area (Å²) in [7, 11) is 4.12. The second-order valence-corrected chi connectivity index (χ2v) is 6.99. The lowest BCUT2D eigenvalue weighted by Gasteiger charge is -2.31. The molecule has 0 spiro atoms. The van der Waals surface area contributed by atoms with E-state index in [0.29, 0.717) is 6.61 Å². The molecule has 7 heteroatoms. The monoisotopic (exact) mass is 347 g/mol. The number of hydrogen-bond donors (Lipinski definition) is 0. The van der Waals surface area contributed by atoms with Crippen LogP contribution in [-0.2, 0) is 24.4 Å². The van der Waals surface area contributed by atoms with E-state index < -0.39 is 0 Å². The van der Waals surface area contributed by atoms with Crippen molar-refractivity contribution in [3.8, 4) is 0 Å². The number of rotatable bonds is 8. The second kappa shape index (κ2) is 8.12. The molecule has 0 N–H and O–H groups in total. The quantitative estimate of drug-likeness (QED) is 0.680. The minimum atomic E-state index is 0.289. The van der Waals surface area contributed by atoms with Gasteiger partial charge in [-0.1, -0.05) is 5.21 Å². The van der Waals surface area contributed by atoms with Gasteiger partial charge in [0.2, 0.25) is 0 Å². The molecular formula is C18H29N5O2. The fraction of sp³-hybridized carbons (Fsp3) is 0.667. The fourth-order valence-electron chi connectivity index (χ4n) is 3.34. The van der Waals surface area contributed by atoms with E-state index in [4.69, 9.17) is 9.15 Å². The molecule has 1 aliphatic rings. The van der Waals surface area contributed by atoms with Crippen LogP contribution in [-0.4, -0.2) is 65.2 Å². The van der Waals surface area contributed by atoms with Gasteiger partial charge >= 0.3 is 0 Å². The predicted molar refractivity (Wildman–Crippen MR) is 95.4 cm³/mol. The topological polar surface area (TPSA) is 59.6 Å². The second-order valence-electron chi connectivity index (χ2n) is 6.99. The maximum absolute atomic E-state index is 5.95. The Hall–Kier alpha value is -1.70. The first kappa shape index (κ1) is 18.1. The van der Waals surface area contributed by atoms with Crippen molar-refractivity contribution in [3.05, 3.63) is 35.0 Å². The Morgan fingerprint density at radius 3 is 2.88 bits per heavy atom. The third-order valence-electron chi connectivity index (χ3n) is 4.56. The van der Waals surface area contributed by atoms with Crippen LogP contribution in [0.5, 0.6) is 0 Å². The summed E-state index contributed by atoms with van der Waals surface area (Å²) >= 11 is 0. The zero-order valence-corrected chi connectivity index (χ0v) is 15.7. The summed E-state index contributed by atoms with van der Waals surface area (Å²) in [5.41, 5.74) is 2.30. The zero-order valence-electron chi connectivity index (χ0n) is 15.7. The SMILES string of the molecule is CCn1nnc2c1C(COCCN(C)C)CN(Cc1ccc(C)o1)C2. The number of aryl methyl sites for hydroxylation is 2. The molecule has 0 aliphatic carbocycles. The normalized spacial score (nSPS) is 18.0. The molecule has 138 valence electrons. The third-order valence-corrected chi connectivity index (χ3v) is 4.56. The van der Waals surface area contributed by atoms with Gasteiger partial charge in [0, 0.05) is 32.1 Å². The van der Waals surface area contributed by atoms with Gasteiger partial charge in [-0.25, -0.2) is 4.68 Å². The van der Waals surface area contributed by atoms with Crippen molar-refractivity contribution in [1.82, 2.24) is 24.8 Å². The minimum absolute atomic E-state index is 0.289. The van der Waals surface area contributed by atoms with Crippen LogP contribution in [0.4, 0.5) is 0 Å². The van der Waals surface area contributed by atoms with Gasteiger partial charge < -0.3 is 14.1 Å². The van der Waals surface area contributed by atoms with Crippen LogP contribution in [0.1, 0.15) is 35.7 Å². The van der Waals surface area contributed by atoms with Crippen LogP contribution in [0.15, 0.2) is 16.5 Å². The lowest BCUT2D eigenvalue weighted by Crippen LogP contribution is -2.36. The molecule has 0 aromatic carbocycles. The third kappa shape index (κ3) is 4.48. The molecule has 1 aliphatic heterocycles. The first-order chi connectivity index (χ1) is 12.1. The van der Waals surface area contributed by atoms with Gasteiger partial charge in [0.05, 0.1) is 25.5 Å². The smallest absolute Gasteiger partial charge is 0.118 e. The van der Waals surface area contributed by atoms with E-state index in [2.05, 4.69) is 47.2 Å². The van der Waals surface area contributed by atoms with Gasteiger partial charge in [-0.15, -0.1) is 5.10 Å². The van der Waals surface area contributed by atoms with Crippen LogP contribution >= 0.6 is 0 Å². The molecule has 1 unspecified atom stereocenters. The molecule has 0 saturated heterocycles. The molecule has 25 heavy (non-hydrogen) atoms. The van der Waals surface area contributed by atoms with Crippen LogP contribution < -0.4 is 0 Å². The zero-order chi connectivity index (χ0) is 17.8. The molecule has 3 rings (SSSR count). The van der Waals surface area contributed by atoms with Crippen molar-refractivity contribution in [2.45, 2.75) is 39.4 Å². The highest BCUT2D eigenvalue weighted by Gasteiger charge is 2.31. The van der Waals surface area contributed by atoms with Crippen molar-refractivity contribution in [1.29, 1.82) is 0 Å². The Morgan fingerprint density at radius 2 is 2.20 bits per heavy atom. The van der Waals surface area contributed by atoms with Gasteiger partial charge in [0.1, 0.15) is 17.2 Å². The number of hydrogen-bond acceptors (Lipinski definition) is 6. The molecule has 0 radical (unpaired) electrons. The van der Waals surface area contributed by atoms with Gasteiger partial charge in [-0.2, -0.15) is 0 Å². The Balaban J connectivity index is 1.69. The van der Waals surface area contributed by atoms with Crippen LogP contribution in [0.3, 0.4) is 0 Å². The van der Waals surface area contributed by atoms with Crippen molar-refractivity contribution in [2.24, 2.45) is 0 Å². The van der Waals surface area contributed by atoms with E-state index in [9.17, 15) is 0 Å². The average Bonchev–Trinajstić information content (AvgIpc) is 3.17. The average molecular weight is 347 g/mol. The van der Waals surface area contributed by atoms with E-state index in [0.717, 1.165) is 56.5 Å². The predicted octanol–water partition coefficient (Wildman–Crippen LogP) is 1.88. The Morgan fingerprint density at radius 1 is 1.36 bits per heavy atom. The van der Waals surface area contributed by atoms with Crippen LogP contribution in [0.2, 0.25) is 0 Å². The number of ether oxygens (including phenoxy) is 1. The molecule has 0 bridgehead atoms. The minimum Gasteiger partial charge on any atom is -0.465 e. The van der Waals surface area contributed by atoms with Crippen molar-refractivity contribution in [3.63, 3.8) is 0 Å². The molecular weight excluding hydrogens is 318 g/mol.